The van der Waals surface area contributed by atoms with Gasteiger partial charge in [0.25, 0.3) is 0 Å². The molecule has 0 atom stereocenters. The number of benzene rings is 2. The molecule has 0 bridgehead atoms. The Balaban J connectivity index is 2.19. The van der Waals surface area contributed by atoms with Gasteiger partial charge in [0.05, 0.1) is 0 Å². The molecule has 0 heterocycles. The highest BCUT2D eigenvalue weighted by Gasteiger charge is 1.94. The van der Waals surface area contributed by atoms with Crippen molar-refractivity contribution in [1.82, 2.24) is 0 Å². The van der Waals surface area contributed by atoms with Crippen LogP contribution in [0.25, 0.3) is 0 Å². The van der Waals surface area contributed by atoms with Crippen LogP contribution in [0.4, 0.5) is 0 Å². The second kappa shape index (κ2) is 4.11. The van der Waals surface area contributed by atoms with Gasteiger partial charge in [-0.2, -0.15) is 0 Å². The Morgan fingerprint density at radius 1 is 0.786 bits per heavy atom. The maximum Gasteiger partial charge on any atom is 0.127 e. The summed E-state index contributed by atoms with van der Waals surface area (Å²) < 4.78 is 5.68. The minimum atomic E-state index is 0.889. The van der Waals surface area contributed by atoms with E-state index in [9.17, 15) is 0 Å². The van der Waals surface area contributed by atoms with Gasteiger partial charge in [0.15, 0.2) is 0 Å². The van der Waals surface area contributed by atoms with Crippen LogP contribution in [-0.2, 0) is 0 Å². The number of hydrogen-bond acceptors (Lipinski definition) is 1. The number of ether oxygens (including phenoxy) is 1. The highest BCUT2D eigenvalue weighted by Crippen LogP contribution is 2.18. The van der Waals surface area contributed by atoms with Gasteiger partial charge in [0.2, 0.25) is 0 Å². The van der Waals surface area contributed by atoms with E-state index < -0.39 is 0 Å². The van der Waals surface area contributed by atoms with Gasteiger partial charge in [-0.3, -0.25) is 0 Å². The molecule has 2 aromatic rings. The Morgan fingerprint density at radius 2 is 1.50 bits per heavy atom. The monoisotopic (exact) mass is 200 g/mol. The first-order valence-corrected chi connectivity index (χ1v) is 5.64. The van der Waals surface area contributed by atoms with E-state index in [1.54, 1.807) is 0 Å². The summed E-state index contributed by atoms with van der Waals surface area (Å²) in [4.78, 5) is 0. The normalized spacial score (nSPS) is 10.0. The zero-order valence-corrected chi connectivity index (χ0v) is 10.1. The quantitative estimate of drug-likeness (QED) is 0.667. The smallest absolute Gasteiger partial charge is 0.127 e. The van der Waals surface area contributed by atoms with Gasteiger partial charge in [-0.25, -0.2) is 0 Å². The second-order valence-corrected chi connectivity index (χ2v) is 4.39. The summed E-state index contributed by atoms with van der Waals surface area (Å²) in [6.07, 6.45) is 0. The lowest BCUT2D eigenvalue weighted by atomic mass is 10.3. The van der Waals surface area contributed by atoms with Gasteiger partial charge in [0, 0.05) is 10.2 Å². The van der Waals surface area contributed by atoms with Crippen molar-refractivity contribution in [1.29, 1.82) is 0 Å². The lowest BCUT2D eigenvalue weighted by molar-refractivity contribution is 0.483. The Labute approximate surface area is 86.8 Å². The van der Waals surface area contributed by atoms with E-state index in [-0.39, 0.29) is 0 Å². The standard InChI is InChI=1S/C12H12OSi/c14-12-8-4-7-11(9-12)13-10-5-2-1-3-6-10/h1-9H,14H3. The highest BCUT2D eigenvalue weighted by atomic mass is 28.1. The lowest BCUT2D eigenvalue weighted by Crippen LogP contribution is -2.00. The molecule has 0 spiro atoms. The highest BCUT2D eigenvalue weighted by molar-refractivity contribution is 6.32. The van der Waals surface area contributed by atoms with Crippen molar-refractivity contribution in [2.24, 2.45) is 0 Å². The first-order chi connectivity index (χ1) is 6.84. The molecule has 0 radical (unpaired) electrons. The molecule has 0 aliphatic rings. The molecule has 14 heavy (non-hydrogen) atoms. The van der Waals surface area contributed by atoms with E-state index in [1.165, 1.54) is 5.19 Å². The largest absolute Gasteiger partial charge is 0.457 e. The fraction of sp³-hybridized carbons (Fsp3) is 0. The van der Waals surface area contributed by atoms with Crippen LogP contribution in [-0.4, -0.2) is 10.2 Å². The number of hydrogen-bond donors (Lipinski definition) is 0. The Bertz CT molecular complexity index is 412. The number of rotatable bonds is 2. The molecular formula is C12H12OSi. The summed E-state index contributed by atoms with van der Waals surface area (Å²) >= 11 is 0. The molecule has 0 N–H and O–H groups in total. The van der Waals surface area contributed by atoms with E-state index in [0.29, 0.717) is 0 Å². The minimum Gasteiger partial charge on any atom is -0.457 e. The Kier molecular flexibility index (Phi) is 2.65. The molecule has 2 aromatic carbocycles. The Morgan fingerprint density at radius 3 is 2.21 bits per heavy atom. The van der Waals surface area contributed by atoms with Gasteiger partial charge >= 0.3 is 0 Å². The topological polar surface area (TPSA) is 9.23 Å². The second-order valence-electron chi connectivity index (χ2n) is 3.23. The molecular weight excluding hydrogens is 188 g/mol. The predicted octanol–water partition coefficient (Wildman–Crippen LogP) is 1.47. The van der Waals surface area contributed by atoms with Crippen LogP contribution in [0.15, 0.2) is 54.6 Å². The van der Waals surface area contributed by atoms with Crippen LogP contribution >= 0.6 is 0 Å². The van der Waals surface area contributed by atoms with Crippen LogP contribution in [0.3, 0.4) is 0 Å². The summed E-state index contributed by atoms with van der Waals surface area (Å²) in [6.45, 7) is 0. The molecule has 1 nitrogen and oxygen atoms in total. The molecule has 0 saturated carbocycles. The van der Waals surface area contributed by atoms with Crippen LogP contribution in [0.1, 0.15) is 0 Å². The average Bonchev–Trinajstić information content (AvgIpc) is 2.19. The van der Waals surface area contributed by atoms with Crippen LogP contribution < -0.4 is 9.92 Å². The molecule has 2 heteroatoms. The SMILES string of the molecule is [SiH3]c1cccc(Oc2ccccc2)c1. The van der Waals surface area contributed by atoms with Crippen molar-refractivity contribution >= 4 is 15.4 Å². The maximum absolute atomic E-state index is 5.68. The van der Waals surface area contributed by atoms with Gasteiger partial charge < -0.3 is 4.74 Å². The molecule has 0 fully saturated rings. The van der Waals surface area contributed by atoms with E-state index >= 15 is 0 Å². The third-order valence-electron chi connectivity index (χ3n) is 1.97. The fourth-order valence-corrected chi connectivity index (χ4v) is 1.78. The summed E-state index contributed by atoms with van der Waals surface area (Å²) in [5.74, 6) is 1.81. The molecule has 0 aliphatic carbocycles. The molecule has 0 aliphatic heterocycles. The summed E-state index contributed by atoms with van der Waals surface area (Å²) in [5, 5.41) is 1.35. The van der Waals surface area contributed by atoms with Crippen molar-refractivity contribution in [2.75, 3.05) is 0 Å². The zero-order valence-electron chi connectivity index (χ0n) is 8.10. The Hall–Kier alpha value is -1.54. The van der Waals surface area contributed by atoms with E-state index in [1.807, 2.05) is 42.5 Å². The third kappa shape index (κ3) is 2.23. The summed E-state index contributed by atoms with van der Waals surface area (Å²) in [7, 11) is 1.06. The summed E-state index contributed by atoms with van der Waals surface area (Å²) in [6, 6.07) is 18.0. The van der Waals surface area contributed by atoms with Gasteiger partial charge in [-0.15, -0.1) is 0 Å². The van der Waals surface area contributed by atoms with E-state index in [4.69, 9.17) is 4.74 Å². The predicted molar refractivity (Wildman–Crippen MR) is 62.5 cm³/mol. The molecule has 2 rings (SSSR count). The minimum absolute atomic E-state index is 0.889. The van der Waals surface area contributed by atoms with Crippen LogP contribution in [0.2, 0.25) is 0 Å². The van der Waals surface area contributed by atoms with Crippen molar-refractivity contribution in [2.45, 2.75) is 0 Å². The molecule has 0 amide bonds. The van der Waals surface area contributed by atoms with Crippen LogP contribution in [0.5, 0.6) is 11.5 Å². The summed E-state index contributed by atoms with van der Waals surface area (Å²) in [5.41, 5.74) is 0. The molecule has 0 aromatic heterocycles. The zero-order chi connectivity index (χ0) is 9.80. The first kappa shape index (κ1) is 9.03. The molecule has 70 valence electrons. The van der Waals surface area contributed by atoms with Crippen molar-refractivity contribution in [3.05, 3.63) is 54.6 Å². The van der Waals surface area contributed by atoms with Crippen molar-refractivity contribution in [3.8, 4) is 11.5 Å². The van der Waals surface area contributed by atoms with Crippen molar-refractivity contribution < 1.29 is 4.74 Å². The van der Waals surface area contributed by atoms with E-state index in [2.05, 4.69) is 12.1 Å². The van der Waals surface area contributed by atoms with Gasteiger partial charge in [-0.1, -0.05) is 35.5 Å². The van der Waals surface area contributed by atoms with Crippen LogP contribution in [0, 0.1) is 0 Å². The fourth-order valence-electron chi connectivity index (χ4n) is 1.30. The average molecular weight is 200 g/mol. The van der Waals surface area contributed by atoms with Gasteiger partial charge in [-0.05, 0) is 24.3 Å². The van der Waals surface area contributed by atoms with Crippen molar-refractivity contribution in [3.63, 3.8) is 0 Å². The first-order valence-electron chi connectivity index (χ1n) is 4.64. The molecule has 0 unspecified atom stereocenters. The molecule has 0 saturated heterocycles. The lowest BCUT2D eigenvalue weighted by Gasteiger charge is -2.05. The third-order valence-corrected chi connectivity index (χ3v) is 2.59. The number of para-hydroxylation sites is 1. The van der Waals surface area contributed by atoms with Gasteiger partial charge in [0.1, 0.15) is 11.5 Å². The van der Waals surface area contributed by atoms with E-state index in [0.717, 1.165) is 21.7 Å². The maximum atomic E-state index is 5.68.